The molecular weight excluding hydrogens is 1680 g/mol. The summed E-state index contributed by atoms with van der Waals surface area (Å²) in [5, 5.41) is 0. The average Bonchev–Trinajstić information content (AvgIpc) is 1.47. The van der Waals surface area contributed by atoms with Gasteiger partial charge in [0.25, 0.3) is 0 Å². The normalized spacial score (nSPS) is 35.9. The van der Waals surface area contributed by atoms with Gasteiger partial charge in [0.2, 0.25) is 0 Å². The van der Waals surface area contributed by atoms with Crippen LogP contribution in [0, 0.1) is 129 Å². The molecule has 4 N–H and O–H groups in total. The summed E-state index contributed by atoms with van der Waals surface area (Å²) in [5.74, 6) is 0. The molecule has 8 rings (SSSR count). The Balaban J connectivity index is -0.000000368. The van der Waals surface area contributed by atoms with Crippen LogP contribution in [0.1, 0.15) is 404 Å². The van der Waals surface area contributed by atoms with Crippen molar-refractivity contribution in [3.8, 4) is 0 Å². The molecule has 0 aromatic rings. The van der Waals surface area contributed by atoms with Gasteiger partial charge in [0, 0.05) is 120 Å². The van der Waals surface area contributed by atoms with E-state index < -0.39 is 0 Å². The van der Waals surface area contributed by atoms with Crippen LogP contribution in [0.3, 0.4) is 0 Å². The monoisotopic (exact) mass is 1870 g/mol. The average molecular weight is 1870 g/mol. The molecule has 607 valence electrons. The predicted molar refractivity (Wildman–Crippen MR) is 460 cm³/mol. The van der Waals surface area contributed by atoms with Crippen LogP contribution >= 0.6 is 0 Å². The fraction of sp³-hybridized carbons (Fsp3) is 0.875. The maximum Gasteiger partial charge on any atom is 0.0583 e. The van der Waals surface area contributed by atoms with Gasteiger partial charge >= 0.3 is 0 Å². The second kappa shape index (κ2) is 30.4. The fourth-order valence-electron chi connectivity index (χ4n) is 22.2. The van der Waals surface area contributed by atoms with E-state index >= 15 is 0 Å². The minimum absolute atomic E-state index is 0. The Kier molecular flexibility index (Phi) is 33.1. The molecule has 0 amide bonds. The molecule has 4 nitrogen and oxygen atoms in total. The number of hydrogen-bond acceptors (Lipinski definition) is 4. The van der Waals surface area contributed by atoms with Gasteiger partial charge in [0.15, 0.2) is 0 Å². The fourth-order valence-corrected chi connectivity index (χ4v) is 22.2. The van der Waals surface area contributed by atoms with Crippen LogP contribution in [-0.2, 0) is 39.6 Å². The zero-order chi connectivity index (χ0) is 78.1. The number of likely N-dealkylation sites (N-methyl/N-ethyl adjacent to an activating group) is 2. The molecule has 2 saturated heterocycles. The minimum atomic E-state index is -0.201. The third-order valence-corrected chi connectivity index (χ3v) is 41.8. The maximum atomic E-state index is 6.73. The number of nitrogens with zero attached hydrogens (tertiary/aromatic N) is 2. The van der Waals surface area contributed by atoms with Gasteiger partial charge < -0.3 is 11.5 Å². The van der Waals surface area contributed by atoms with E-state index in [1.807, 2.05) is 0 Å². The van der Waals surface area contributed by atoms with Crippen molar-refractivity contribution < 1.29 is 70.7 Å². The van der Waals surface area contributed by atoms with E-state index in [1.54, 1.807) is 44.6 Å². The van der Waals surface area contributed by atoms with E-state index in [1.165, 1.54) is 22.3 Å². The zero-order valence-corrected chi connectivity index (χ0v) is 85.9. The van der Waals surface area contributed by atoms with Crippen LogP contribution in [0.25, 0.3) is 0 Å². The number of hydrogen-bond donors (Lipinski definition) is 2. The molecule has 1 radical (unpaired) electrons. The van der Waals surface area contributed by atoms with Gasteiger partial charge in [-0.05, 0) is 215 Å². The third-order valence-electron chi connectivity index (χ3n) is 41.8. The number of fused-ring (bicyclic) bond motifs is 2. The second-order valence-electron chi connectivity index (χ2n) is 44.6. The largest absolute Gasteiger partial charge is 0.324 e. The van der Waals surface area contributed by atoms with E-state index in [0.29, 0.717) is 43.7 Å². The topological polar surface area (TPSA) is 58.1 Å². The molecule has 0 bridgehead atoms. The van der Waals surface area contributed by atoms with E-state index in [9.17, 15) is 0 Å². The van der Waals surface area contributed by atoms with Crippen LogP contribution in [0.2, 0.25) is 0 Å². The first kappa shape index (κ1) is 112. The molecule has 0 aromatic heterocycles. The first-order chi connectivity index (χ1) is 41.2. The third kappa shape index (κ3) is 13.4. The van der Waals surface area contributed by atoms with Gasteiger partial charge in [-0.2, -0.15) is 0 Å². The van der Waals surface area contributed by atoms with Gasteiger partial charge in [0.05, 0.1) is 5.54 Å². The van der Waals surface area contributed by atoms with Gasteiger partial charge in [-0.15, -0.1) is 0 Å². The van der Waals surface area contributed by atoms with Crippen LogP contribution in [0.5, 0.6) is 0 Å². The quantitative estimate of drug-likeness (QED) is 0.187. The van der Waals surface area contributed by atoms with Crippen molar-refractivity contribution in [1.29, 1.82) is 0 Å². The Bertz CT molecular complexity index is 2690. The van der Waals surface area contributed by atoms with Crippen LogP contribution < -0.4 is 11.5 Å². The van der Waals surface area contributed by atoms with Gasteiger partial charge in [-0.3, -0.25) is 9.80 Å². The molecule has 2 aliphatic heterocycles. The summed E-state index contributed by atoms with van der Waals surface area (Å²) in [5.41, 5.74) is 36.8. The molecule has 103 heavy (non-hydrogen) atoms. The molecule has 2 heterocycles. The van der Waals surface area contributed by atoms with E-state index in [-0.39, 0.29) is 187 Å². The van der Waals surface area contributed by atoms with E-state index in [2.05, 4.69) is 398 Å². The Hall–Kier alpha value is 0.605. The van der Waals surface area contributed by atoms with Crippen molar-refractivity contribution in [2.45, 2.75) is 437 Å². The molecule has 7 atom stereocenters. The van der Waals surface area contributed by atoms with Crippen molar-refractivity contribution in [1.82, 2.24) is 9.80 Å². The molecule has 7 unspecified atom stereocenters. The number of rotatable bonds is 0. The predicted octanol–water partition coefficient (Wildman–Crippen LogP) is 29.4. The molecule has 2 fully saturated rings. The van der Waals surface area contributed by atoms with Crippen LogP contribution in [-0.4, -0.2) is 57.1 Å². The Morgan fingerprint density at radius 3 is 0.515 bits per heavy atom. The van der Waals surface area contributed by atoms with Crippen molar-refractivity contribution in [2.24, 2.45) is 109 Å². The second-order valence-corrected chi connectivity index (χ2v) is 44.6. The molecule has 8 aliphatic rings. The Labute approximate surface area is 701 Å². The number of allylic oxidation sites excluding steroid dienone is 7. The molecule has 6 aliphatic carbocycles. The van der Waals surface area contributed by atoms with Crippen molar-refractivity contribution in [3.63, 3.8) is 0 Å². The summed E-state index contributed by atoms with van der Waals surface area (Å²) in [6.07, 6.45) is 0. The summed E-state index contributed by atoms with van der Waals surface area (Å²) in [7, 11) is 4.56. The maximum absolute atomic E-state index is 6.73. The summed E-state index contributed by atoms with van der Waals surface area (Å²) < 4.78 is 0. The Morgan fingerprint density at radius 2 is 0.330 bits per heavy atom. The summed E-state index contributed by atoms with van der Waals surface area (Å²) in [6.45, 7) is 127. The van der Waals surface area contributed by atoms with E-state index in [0.717, 1.165) is 0 Å². The van der Waals surface area contributed by atoms with E-state index in [4.69, 9.17) is 11.5 Å². The van der Waals surface area contributed by atoms with Crippen molar-refractivity contribution >= 4 is 0 Å². The van der Waals surface area contributed by atoms with Crippen LogP contribution in [0.4, 0.5) is 0 Å². The number of nitrogens with two attached hydrogens (primary N) is 2. The van der Waals surface area contributed by atoms with Gasteiger partial charge in [-0.25, -0.2) is 0 Å². The van der Waals surface area contributed by atoms with Gasteiger partial charge in [0.1, 0.15) is 0 Å². The standard InChI is InChI=1S/2C16H30.2C15H27N.2C15H29N.4CH4.U.V.W/c2*1-11-12(2)14(5,6)16(9,10)15(7,8)13(11,3)4;1-10-11(2)14(7)15(8,16(14)9)13(5,6)12(10,3)4;1-10-11(2)13(5,6)15(8)14(7,16(15)9)12(10,3)4;2*1-10-11(2)13(5,6)15(9,16)14(7,8)12(10,3)4;;;;;;;/h2*1-10H3;2*1-9H3;2*16H2,1-9H3;4*1H4;;;. The minimum Gasteiger partial charge on any atom is -0.324 e. The molecule has 0 aromatic carbocycles. The van der Waals surface area contributed by atoms with Crippen LogP contribution in [0.15, 0.2) is 66.9 Å². The summed E-state index contributed by atoms with van der Waals surface area (Å²) in [4.78, 5) is 5.15. The molecular formula is C96H188N4UVW. The summed E-state index contributed by atoms with van der Waals surface area (Å²) >= 11 is 0. The first-order valence-corrected chi connectivity index (χ1v) is 38.4. The summed E-state index contributed by atoms with van der Waals surface area (Å²) in [6, 6.07) is 0. The molecule has 0 spiro atoms. The SMILES string of the molecule is C.C.C.C.CC1=C(C)C(C)(C)C(C)(C)C(C)(C)C1(C)C.CC1=C(C)C(C)(C)C(C)(C)C(C)(C)C1(C)C.CC1=C(C)C(C)(C)C(C)(N)C(C)(C)C1(C)C.CC1=C(C)C(C)(C)C(C)(N)C(C)(C)C1(C)C.CC1=C(C)C(C)(C)C2(C)N(C)C2(C)C1(C)C.CC1=C(C)C2(C)N(C)C2(C)C(C)(C)C1(C)C.[U].[V].[W]. The zero-order valence-electron chi connectivity index (χ0n) is 77.4. The smallest absolute Gasteiger partial charge is 0.0583 e. The van der Waals surface area contributed by atoms with Crippen molar-refractivity contribution in [3.05, 3.63) is 66.9 Å². The molecule has 7 heteroatoms. The Morgan fingerprint density at radius 1 is 0.194 bits per heavy atom. The first-order valence-electron chi connectivity index (χ1n) is 38.4. The molecule has 0 saturated carbocycles. The van der Waals surface area contributed by atoms with Crippen molar-refractivity contribution in [2.75, 3.05) is 14.1 Å². The van der Waals surface area contributed by atoms with Gasteiger partial charge in [-0.1, -0.05) is 346 Å².